The van der Waals surface area contributed by atoms with E-state index in [9.17, 15) is 13.2 Å². The van der Waals surface area contributed by atoms with E-state index >= 15 is 0 Å². The summed E-state index contributed by atoms with van der Waals surface area (Å²) in [5, 5.41) is 14.6. The van der Waals surface area contributed by atoms with Gasteiger partial charge in [0.25, 0.3) is 0 Å². The number of nitrogens with one attached hydrogen (secondary N) is 2. The lowest BCUT2D eigenvalue weighted by Crippen LogP contribution is -2.46. The standard InChI is InChI=1S/C14H17N3O3S/c1-10-2-3-11(8-15)6-13(10)17-14(18)7-12-9-21(19,20)5-4-16-12/h2-3,6,12,16H,4-5,7,9H2,1H3,(H,17,18). The van der Waals surface area contributed by atoms with Crippen molar-refractivity contribution in [3.63, 3.8) is 0 Å². The molecule has 1 fully saturated rings. The summed E-state index contributed by atoms with van der Waals surface area (Å²) in [5.74, 6) is -0.158. The maximum absolute atomic E-state index is 12.0. The minimum Gasteiger partial charge on any atom is -0.326 e. The largest absolute Gasteiger partial charge is 0.326 e. The van der Waals surface area contributed by atoms with Crippen molar-refractivity contribution in [1.29, 1.82) is 5.26 Å². The van der Waals surface area contributed by atoms with Crippen LogP contribution >= 0.6 is 0 Å². The minimum atomic E-state index is -3.05. The topological polar surface area (TPSA) is 99.1 Å². The molecule has 0 aliphatic carbocycles. The fraction of sp³-hybridized carbons (Fsp3) is 0.429. The van der Waals surface area contributed by atoms with Gasteiger partial charge in [0.15, 0.2) is 9.84 Å². The van der Waals surface area contributed by atoms with Crippen LogP contribution in [0.5, 0.6) is 0 Å². The minimum absolute atomic E-state index is 0.0162. The van der Waals surface area contributed by atoms with Gasteiger partial charge in [0.05, 0.1) is 23.1 Å². The van der Waals surface area contributed by atoms with E-state index < -0.39 is 9.84 Å². The molecule has 21 heavy (non-hydrogen) atoms. The van der Waals surface area contributed by atoms with E-state index in [0.29, 0.717) is 17.8 Å². The molecule has 1 saturated heterocycles. The zero-order valence-electron chi connectivity index (χ0n) is 11.7. The second-order valence-electron chi connectivity index (χ2n) is 5.16. The summed E-state index contributed by atoms with van der Waals surface area (Å²) in [4.78, 5) is 12.0. The Balaban J connectivity index is 2.01. The first kappa shape index (κ1) is 15.5. The molecule has 1 heterocycles. The molecule has 1 aromatic rings. The van der Waals surface area contributed by atoms with E-state index in [-0.39, 0.29) is 29.9 Å². The Kier molecular flexibility index (Phi) is 4.60. The molecule has 1 aliphatic heterocycles. The van der Waals surface area contributed by atoms with E-state index in [0.717, 1.165) is 5.56 Å². The summed E-state index contributed by atoms with van der Waals surface area (Å²) >= 11 is 0. The van der Waals surface area contributed by atoms with Gasteiger partial charge in [-0.2, -0.15) is 5.26 Å². The third-order valence-electron chi connectivity index (χ3n) is 3.37. The van der Waals surface area contributed by atoms with Gasteiger partial charge in [0, 0.05) is 24.7 Å². The Labute approximate surface area is 124 Å². The predicted molar refractivity (Wildman–Crippen MR) is 79.6 cm³/mol. The maximum Gasteiger partial charge on any atom is 0.225 e. The number of aryl methyl sites for hydroxylation is 1. The Morgan fingerprint density at radius 2 is 2.29 bits per heavy atom. The highest BCUT2D eigenvalue weighted by molar-refractivity contribution is 7.91. The molecule has 1 aromatic carbocycles. The molecule has 0 saturated carbocycles. The molecule has 112 valence electrons. The molecule has 2 rings (SSSR count). The van der Waals surface area contributed by atoms with Gasteiger partial charge in [-0.25, -0.2) is 8.42 Å². The van der Waals surface area contributed by atoms with Crippen molar-refractivity contribution in [2.45, 2.75) is 19.4 Å². The van der Waals surface area contributed by atoms with Gasteiger partial charge in [-0.05, 0) is 24.6 Å². The van der Waals surface area contributed by atoms with Crippen molar-refractivity contribution in [3.05, 3.63) is 29.3 Å². The predicted octanol–water partition coefficient (Wildman–Crippen LogP) is 0.582. The van der Waals surface area contributed by atoms with Crippen LogP contribution in [0.1, 0.15) is 17.5 Å². The van der Waals surface area contributed by atoms with E-state index in [4.69, 9.17) is 5.26 Å². The molecule has 0 bridgehead atoms. The average molecular weight is 307 g/mol. The van der Waals surface area contributed by atoms with Crippen molar-refractivity contribution >= 4 is 21.4 Å². The van der Waals surface area contributed by atoms with Crippen molar-refractivity contribution in [3.8, 4) is 6.07 Å². The Morgan fingerprint density at radius 1 is 1.52 bits per heavy atom. The highest BCUT2D eigenvalue weighted by atomic mass is 32.2. The van der Waals surface area contributed by atoms with Crippen LogP contribution in [0.2, 0.25) is 0 Å². The second-order valence-corrected chi connectivity index (χ2v) is 7.39. The monoisotopic (exact) mass is 307 g/mol. The lowest BCUT2D eigenvalue weighted by Gasteiger charge is -2.23. The van der Waals surface area contributed by atoms with Crippen LogP contribution in [-0.4, -0.2) is 38.4 Å². The second kappa shape index (κ2) is 6.24. The quantitative estimate of drug-likeness (QED) is 0.851. The summed E-state index contributed by atoms with van der Waals surface area (Å²) in [6.45, 7) is 2.21. The molecule has 2 N–H and O–H groups in total. The lowest BCUT2D eigenvalue weighted by molar-refractivity contribution is -0.116. The fourth-order valence-corrected chi connectivity index (χ4v) is 3.69. The third kappa shape index (κ3) is 4.28. The van der Waals surface area contributed by atoms with Crippen molar-refractivity contribution in [2.24, 2.45) is 0 Å². The third-order valence-corrected chi connectivity index (χ3v) is 5.11. The molecule has 7 heteroatoms. The van der Waals surface area contributed by atoms with E-state index in [2.05, 4.69) is 10.6 Å². The van der Waals surface area contributed by atoms with Gasteiger partial charge in [-0.15, -0.1) is 0 Å². The highest BCUT2D eigenvalue weighted by Gasteiger charge is 2.26. The highest BCUT2D eigenvalue weighted by Crippen LogP contribution is 2.17. The number of benzene rings is 1. The van der Waals surface area contributed by atoms with Gasteiger partial charge >= 0.3 is 0 Å². The number of hydrogen-bond donors (Lipinski definition) is 2. The number of carbonyl (C=O) groups is 1. The van der Waals surface area contributed by atoms with Crippen molar-refractivity contribution in [2.75, 3.05) is 23.4 Å². The smallest absolute Gasteiger partial charge is 0.225 e. The number of hydrogen-bond acceptors (Lipinski definition) is 5. The molecule has 1 atom stereocenters. The van der Waals surface area contributed by atoms with Crippen LogP contribution in [0.15, 0.2) is 18.2 Å². The van der Waals surface area contributed by atoms with Gasteiger partial charge in [0.1, 0.15) is 0 Å². The summed E-state index contributed by atoms with van der Waals surface area (Å²) in [6, 6.07) is 6.71. The molecule has 1 unspecified atom stereocenters. The first-order valence-corrected chi connectivity index (χ1v) is 8.46. The molecule has 0 spiro atoms. The van der Waals surface area contributed by atoms with Gasteiger partial charge in [0.2, 0.25) is 5.91 Å². The van der Waals surface area contributed by atoms with Crippen LogP contribution in [0, 0.1) is 18.3 Å². The number of carbonyl (C=O) groups excluding carboxylic acids is 1. The van der Waals surface area contributed by atoms with E-state index in [1.165, 1.54) is 0 Å². The number of sulfone groups is 1. The van der Waals surface area contributed by atoms with Crippen molar-refractivity contribution in [1.82, 2.24) is 5.32 Å². The van der Waals surface area contributed by atoms with Crippen LogP contribution < -0.4 is 10.6 Å². The van der Waals surface area contributed by atoms with E-state index in [1.54, 1.807) is 18.2 Å². The Morgan fingerprint density at radius 3 is 2.95 bits per heavy atom. The summed E-state index contributed by atoms with van der Waals surface area (Å²) in [5.41, 5.74) is 1.90. The van der Waals surface area contributed by atoms with Crippen LogP contribution in [0.3, 0.4) is 0 Å². The first-order chi connectivity index (χ1) is 9.89. The fourth-order valence-electron chi connectivity index (χ4n) is 2.25. The number of anilines is 1. The first-order valence-electron chi connectivity index (χ1n) is 6.64. The molecule has 0 radical (unpaired) electrons. The van der Waals surface area contributed by atoms with Crippen LogP contribution in [0.25, 0.3) is 0 Å². The zero-order valence-corrected chi connectivity index (χ0v) is 12.5. The summed E-state index contributed by atoms with van der Waals surface area (Å²) in [6.07, 6.45) is 0.0927. The molecular formula is C14H17N3O3S. The number of rotatable bonds is 3. The van der Waals surface area contributed by atoms with Crippen LogP contribution in [0.4, 0.5) is 5.69 Å². The Hall–Kier alpha value is -1.91. The van der Waals surface area contributed by atoms with Gasteiger partial charge < -0.3 is 10.6 Å². The molecular weight excluding hydrogens is 290 g/mol. The molecule has 6 nitrogen and oxygen atoms in total. The summed E-state index contributed by atoms with van der Waals surface area (Å²) in [7, 11) is -3.05. The Bertz CT molecular complexity index is 692. The lowest BCUT2D eigenvalue weighted by atomic mass is 10.1. The van der Waals surface area contributed by atoms with Gasteiger partial charge in [-0.1, -0.05) is 6.07 Å². The molecule has 1 aliphatic rings. The number of nitriles is 1. The number of nitrogens with zero attached hydrogens (tertiary/aromatic N) is 1. The maximum atomic E-state index is 12.0. The van der Waals surface area contributed by atoms with Crippen molar-refractivity contribution < 1.29 is 13.2 Å². The van der Waals surface area contributed by atoms with E-state index in [1.807, 2.05) is 13.0 Å². The number of amides is 1. The SMILES string of the molecule is Cc1ccc(C#N)cc1NC(=O)CC1CS(=O)(=O)CCN1. The average Bonchev–Trinajstić information content (AvgIpc) is 2.40. The summed E-state index contributed by atoms with van der Waals surface area (Å²) < 4.78 is 23.1. The molecule has 0 aromatic heterocycles. The van der Waals surface area contributed by atoms with Gasteiger partial charge in [-0.3, -0.25) is 4.79 Å². The normalized spacial score (nSPS) is 20.5. The molecule has 1 amide bonds. The van der Waals surface area contributed by atoms with Crippen LogP contribution in [-0.2, 0) is 14.6 Å². The zero-order chi connectivity index (χ0) is 15.5.